The topological polar surface area (TPSA) is 81.2 Å². The molecular weight excluding hydrogens is 262 g/mol. The number of nitrogens with two attached hydrogens (primary N) is 1. The first-order valence-corrected chi connectivity index (χ1v) is 6.76. The van der Waals surface area contributed by atoms with Gasteiger partial charge in [-0.15, -0.1) is 11.8 Å². The average molecular weight is 277 g/mol. The third-order valence-corrected chi connectivity index (χ3v) is 3.74. The van der Waals surface area contributed by atoms with Crippen molar-refractivity contribution in [2.45, 2.75) is 18.7 Å². The summed E-state index contributed by atoms with van der Waals surface area (Å²) in [7, 11) is 0. The minimum absolute atomic E-state index is 0.136. The van der Waals surface area contributed by atoms with E-state index in [1.165, 1.54) is 11.8 Å². The van der Waals surface area contributed by atoms with E-state index in [-0.39, 0.29) is 5.91 Å². The van der Waals surface area contributed by atoms with Crippen molar-refractivity contribution in [2.24, 2.45) is 0 Å². The number of hydrogen-bond donors (Lipinski definition) is 2. The lowest BCUT2D eigenvalue weighted by molar-refractivity contribution is -0.113. The zero-order valence-electron chi connectivity index (χ0n) is 10.8. The Labute approximate surface area is 115 Å². The lowest BCUT2D eigenvalue weighted by Gasteiger charge is -2.07. The Morgan fingerprint density at radius 1 is 1.47 bits per heavy atom. The van der Waals surface area contributed by atoms with Gasteiger partial charge in [0, 0.05) is 16.6 Å². The number of hydrogen-bond acceptors (Lipinski definition) is 5. The molecule has 0 aliphatic rings. The second kappa shape index (κ2) is 5.79. The molecule has 1 aromatic carbocycles. The van der Waals surface area contributed by atoms with Gasteiger partial charge in [-0.05, 0) is 31.5 Å². The Morgan fingerprint density at radius 3 is 2.95 bits per heavy atom. The van der Waals surface area contributed by atoms with Crippen LogP contribution in [0.5, 0.6) is 0 Å². The van der Waals surface area contributed by atoms with Crippen molar-refractivity contribution in [3.05, 3.63) is 35.5 Å². The van der Waals surface area contributed by atoms with Crippen molar-refractivity contribution >= 4 is 29.2 Å². The van der Waals surface area contributed by atoms with Crippen LogP contribution in [0, 0.1) is 13.8 Å². The molecule has 0 fully saturated rings. The molecule has 19 heavy (non-hydrogen) atoms. The Balaban J connectivity index is 1.91. The largest absolute Gasteiger partial charge is 0.398 e. The maximum atomic E-state index is 11.7. The number of carbonyl (C=O) groups excluding carboxylic acids is 1. The summed E-state index contributed by atoms with van der Waals surface area (Å²) in [5.74, 6) is 0.528. The first-order chi connectivity index (χ1) is 9.06. The number of carbonyl (C=O) groups is 1. The van der Waals surface area contributed by atoms with E-state index in [9.17, 15) is 4.79 Å². The monoisotopic (exact) mass is 277 g/mol. The fourth-order valence-electron chi connectivity index (χ4n) is 1.53. The van der Waals surface area contributed by atoms with Gasteiger partial charge in [0.2, 0.25) is 11.8 Å². The molecule has 1 aromatic heterocycles. The van der Waals surface area contributed by atoms with Gasteiger partial charge in [0.05, 0.1) is 11.4 Å². The number of amides is 1. The highest BCUT2D eigenvalue weighted by Crippen LogP contribution is 2.26. The highest BCUT2D eigenvalue weighted by atomic mass is 32.2. The van der Waals surface area contributed by atoms with Gasteiger partial charge < -0.3 is 10.3 Å². The number of aryl methyl sites for hydroxylation is 1. The predicted octanol–water partition coefficient (Wildman–Crippen LogP) is 2.60. The number of nitrogens with one attached hydrogen (secondary N) is 1. The molecule has 6 heteroatoms. The van der Waals surface area contributed by atoms with Crippen LogP contribution in [0.4, 0.5) is 11.6 Å². The Morgan fingerprint density at radius 2 is 2.26 bits per heavy atom. The van der Waals surface area contributed by atoms with Crippen molar-refractivity contribution in [1.82, 2.24) is 5.16 Å². The van der Waals surface area contributed by atoms with Crippen LogP contribution < -0.4 is 11.1 Å². The summed E-state index contributed by atoms with van der Waals surface area (Å²) in [6, 6.07) is 7.34. The number of rotatable bonds is 4. The molecule has 3 N–H and O–H groups in total. The SMILES string of the molecule is Cc1cc(NC(=O)CSc2cccc(N)c2C)on1. The fourth-order valence-corrected chi connectivity index (χ4v) is 2.40. The normalized spacial score (nSPS) is 10.4. The predicted molar refractivity (Wildman–Crippen MR) is 76.2 cm³/mol. The average Bonchev–Trinajstić information content (AvgIpc) is 2.76. The molecule has 1 heterocycles. The van der Waals surface area contributed by atoms with Crippen molar-refractivity contribution in [3.63, 3.8) is 0 Å². The van der Waals surface area contributed by atoms with Gasteiger partial charge in [0.25, 0.3) is 0 Å². The molecule has 0 atom stereocenters. The van der Waals surface area contributed by atoms with Crippen molar-refractivity contribution in [1.29, 1.82) is 0 Å². The lowest BCUT2D eigenvalue weighted by Crippen LogP contribution is -2.13. The van der Waals surface area contributed by atoms with E-state index in [4.69, 9.17) is 10.3 Å². The van der Waals surface area contributed by atoms with Gasteiger partial charge in [-0.2, -0.15) is 0 Å². The molecule has 5 nitrogen and oxygen atoms in total. The Kier molecular flexibility index (Phi) is 4.11. The van der Waals surface area contributed by atoms with E-state index >= 15 is 0 Å². The summed E-state index contributed by atoms with van der Waals surface area (Å²) in [4.78, 5) is 12.7. The maximum absolute atomic E-state index is 11.7. The minimum Gasteiger partial charge on any atom is -0.398 e. The molecule has 0 radical (unpaired) electrons. The van der Waals surface area contributed by atoms with E-state index in [1.54, 1.807) is 13.0 Å². The summed E-state index contributed by atoms with van der Waals surface area (Å²) in [6.45, 7) is 3.74. The van der Waals surface area contributed by atoms with E-state index in [1.807, 2.05) is 25.1 Å². The van der Waals surface area contributed by atoms with E-state index in [0.717, 1.165) is 21.8 Å². The summed E-state index contributed by atoms with van der Waals surface area (Å²) >= 11 is 1.44. The Bertz CT molecular complexity index is 595. The van der Waals surface area contributed by atoms with E-state index in [0.29, 0.717) is 11.6 Å². The highest BCUT2D eigenvalue weighted by molar-refractivity contribution is 8.00. The molecule has 0 saturated carbocycles. The smallest absolute Gasteiger partial charge is 0.237 e. The maximum Gasteiger partial charge on any atom is 0.237 e. The Hall–Kier alpha value is -1.95. The van der Waals surface area contributed by atoms with Crippen molar-refractivity contribution < 1.29 is 9.32 Å². The van der Waals surface area contributed by atoms with E-state index in [2.05, 4.69) is 10.5 Å². The first-order valence-electron chi connectivity index (χ1n) is 5.77. The molecule has 0 unspecified atom stereocenters. The molecule has 0 aliphatic carbocycles. The van der Waals surface area contributed by atoms with Gasteiger partial charge in [0.1, 0.15) is 0 Å². The zero-order chi connectivity index (χ0) is 13.8. The summed E-state index contributed by atoms with van der Waals surface area (Å²) in [5.41, 5.74) is 8.28. The van der Waals surface area contributed by atoms with Gasteiger partial charge in [-0.1, -0.05) is 11.2 Å². The van der Waals surface area contributed by atoms with Crippen LogP contribution in [0.25, 0.3) is 0 Å². The molecule has 100 valence electrons. The van der Waals surface area contributed by atoms with Gasteiger partial charge in [0.15, 0.2) is 0 Å². The molecule has 0 saturated heterocycles. The molecule has 2 aromatic rings. The number of thioether (sulfide) groups is 1. The van der Waals surface area contributed by atoms with Gasteiger partial charge in [-0.3, -0.25) is 10.1 Å². The second-order valence-electron chi connectivity index (χ2n) is 4.14. The van der Waals surface area contributed by atoms with Crippen LogP contribution in [0.15, 0.2) is 33.7 Å². The van der Waals surface area contributed by atoms with Gasteiger partial charge >= 0.3 is 0 Å². The van der Waals surface area contributed by atoms with E-state index < -0.39 is 0 Å². The van der Waals surface area contributed by atoms with Crippen molar-refractivity contribution in [3.8, 4) is 0 Å². The van der Waals surface area contributed by atoms with Crippen LogP contribution in [0.1, 0.15) is 11.3 Å². The van der Waals surface area contributed by atoms with Crippen molar-refractivity contribution in [2.75, 3.05) is 16.8 Å². The number of nitrogens with zero attached hydrogens (tertiary/aromatic N) is 1. The van der Waals surface area contributed by atoms with Crippen LogP contribution in [0.2, 0.25) is 0 Å². The molecule has 0 bridgehead atoms. The van der Waals surface area contributed by atoms with Crippen LogP contribution in [0.3, 0.4) is 0 Å². The molecule has 1 amide bonds. The number of benzene rings is 1. The van der Waals surface area contributed by atoms with Crippen LogP contribution in [-0.4, -0.2) is 16.8 Å². The second-order valence-corrected chi connectivity index (χ2v) is 5.16. The zero-order valence-corrected chi connectivity index (χ0v) is 11.6. The molecular formula is C13H15N3O2S. The number of aromatic nitrogens is 1. The minimum atomic E-state index is -0.136. The molecule has 0 spiro atoms. The number of nitrogen functional groups attached to an aromatic ring is 1. The third kappa shape index (κ3) is 3.51. The lowest BCUT2D eigenvalue weighted by atomic mass is 10.2. The van der Waals surface area contributed by atoms with Crippen LogP contribution in [-0.2, 0) is 4.79 Å². The summed E-state index contributed by atoms with van der Waals surface area (Å²) in [6.07, 6.45) is 0. The molecule has 2 rings (SSSR count). The molecule has 0 aliphatic heterocycles. The highest BCUT2D eigenvalue weighted by Gasteiger charge is 2.09. The van der Waals surface area contributed by atoms with Gasteiger partial charge in [-0.25, -0.2) is 0 Å². The standard InChI is InChI=1S/C13H15N3O2S/c1-8-6-13(18-16-8)15-12(17)7-19-11-5-3-4-10(14)9(11)2/h3-6H,7,14H2,1-2H3,(H,15,17). The quantitative estimate of drug-likeness (QED) is 0.663. The third-order valence-electron chi connectivity index (χ3n) is 2.58. The van der Waals surface area contributed by atoms with Crippen LogP contribution >= 0.6 is 11.8 Å². The number of anilines is 2. The summed E-state index contributed by atoms with van der Waals surface area (Å²) < 4.78 is 4.92. The summed E-state index contributed by atoms with van der Waals surface area (Å²) in [5, 5.41) is 6.35. The fraction of sp³-hybridized carbons (Fsp3) is 0.231. The first kappa shape index (κ1) is 13.5.